The van der Waals surface area contributed by atoms with Crippen molar-refractivity contribution in [3.8, 4) is 0 Å². The summed E-state index contributed by atoms with van der Waals surface area (Å²) in [6.45, 7) is 3.73. The number of aromatic nitrogens is 2. The first-order valence-electron chi connectivity index (χ1n) is 12.9. The molecule has 1 aromatic heterocycles. The predicted octanol–water partition coefficient (Wildman–Crippen LogP) is 4.21. The van der Waals surface area contributed by atoms with Gasteiger partial charge in [0.1, 0.15) is 5.82 Å². The van der Waals surface area contributed by atoms with Crippen LogP contribution in [0.15, 0.2) is 47.4 Å². The van der Waals surface area contributed by atoms with Crippen LogP contribution in [0, 0.1) is 5.92 Å². The summed E-state index contributed by atoms with van der Waals surface area (Å²) in [5.41, 5.74) is 2.27. The van der Waals surface area contributed by atoms with Crippen molar-refractivity contribution in [3.63, 3.8) is 0 Å². The summed E-state index contributed by atoms with van der Waals surface area (Å²) in [6, 6.07) is 10.4. The third kappa shape index (κ3) is 6.44. The average molecular weight is 568 g/mol. The Labute approximate surface area is 225 Å². The molecule has 1 saturated heterocycles. The number of halogens is 3. The number of nitrogens with zero attached hydrogens (tertiary/aromatic N) is 2. The zero-order chi connectivity index (χ0) is 28.4. The van der Waals surface area contributed by atoms with Gasteiger partial charge in [0.25, 0.3) is 5.91 Å². The number of carbonyl (C=O) groups is 1. The molecule has 0 aliphatic carbocycles. The molecule has 12 heteroatoms. The van der Waals surface area contributed by atoms with Crippen molar-refractivity contribution in [3.05, 3.63) is 59.4 Å². The predicted molar refractivity (Wildman–Crippen MR) is 139 cm³/mol. The molecular weight excluding hydrogens is 535 g/mol. The maximum Gasteiger partial charge on any atom is 0.414 e. The number of carbonyl (C=O) groups excluding carboxylic acids is 1. The van der Waals surface area contributed by atoms with E-state index < -0.39 is 34.1 Å². The molecule has 4 rings (SSSR count). The topological polar surface area (TPSA) is 111 Å². The highest BCUT2D eigenvalue weighted by atomic mass is 32.2. The maximum absolute atomic E-state index is 13.0. The van der Waals surface area contributed by atoms with Gasteiger partial charge in [0.2, 0.25) is 0 Å². The monoisotopic (exact) mass is 567 g/mol. The van der Waals surface area contributed by atoms with Gasteiger partial charge in [-0.15, -0.1) is 0 Å². The normalized spacial score (nSPS) is 19.2. The van der Waals surface area contributed by atoms with E-state index in [1.807, 2.05) is 11.5 Å². The molecule has 212 valence electrons. The van der Waals surface area contributed by atoms with E-state index in [-0.39, 0.29) is 36.2 Å². The molecule has 0 spiro atoms. The molecule has 1 aliphatic heterocycles. The van der Waals surface area contributed by atoms with Crippen LogP contribution in [0.3, 0.4) is 0 Å². The quantitative estimate of drug-likeness (QED) is 0.401. The summed E-state index contributed by atoms with van der Waals surface area (Å²) in [7, 11) is -3.37. The standard InChI is InChI=1S/C27H32F3N3O5S/c1-3-33-23-11-8-19(14-21(23)31-25(33)13-17-5-12-24(38-16-17)27(28,29)30)26(35)32-22(15-34)18-6-9-20(10-7-18)39(36,37)4-2/h6-11,14,17,22,24,34H,3-5,12-13,15-16H2,1-2H3,(H,32,35)/t17-,22+,24?/m1/s1. The van der Waals surface area contributed by atoms with Crippen LogP contribution in [0.25, 0.3) is 11.0 Å². The SMILES string of the molecule is CCn1c(C[C@H]2CCC(C(F)(F)F)OC2)nc2cc(C(=O)N[C@@H](CO)c3ccc(S(=O)(=O)CC)cc3)ccc21. The van der Waals surface area contributed by atoms with Crippen molar-refractivity contribution in [2.24, 2.45) is 5.92 Å². The van der Waals surface area contributed by atoms with Crippen LogP contribution >= 0.6 is 0 Å². The molecule has 0 radical (unpaired) electrons. The third-order valence-electron chi connectivity index (χ3n) is 7.12. The molecule has 1 aliphatic rings. The molecule has 1 fully saturated rings. The van der Waals surface area contributed by atoms with Gasteiger partial charge in [0.15, 0.2) is 15.9 Å². The first-order valence-corrected chi connectivity index (χ1v) is 14.5. The average Bonchev–Trinajstić information content (AvgIpc) is 3.27. The lowest BCUT2D eigenvalue weighted by atomic mass is 9.95. The number of rotatable bonds is 9. The Morgan fingerprint density at radius 2 is 1.90 bits per heavy atom. The van der Waals surface area contributed by atoms with Gasteiger partial charge in [-0.1, -0.05) is 19.1 Å². The summed E-state index contributed by atoms with van der Waals surface area (Å²) in [6.07, 6.45) is -5.30. The Hall–Kier alpha value is -2.96. The van der Waals surface area contributed by atoms with E-state index >= 15 is 0 Å². The second-order valence-corrected chi connectivity index (χ2v) is 11.9. The number of nitrogens with one attached hydrogen (secondary N) is 1. The number of amides is 1. The number of aliphatic hydroxyl groups is 1. The van der Waals surface area contributed by atoms with Gasteiger partial charge in [-0.25, -0.2) is 13.4 Å². The van der Waals surface area contributed by atoms with Gasteiger partial charge < -0.3 is 19.7 Å². The van der Waals surface area contributed by atoms with Gasteiger partial charge >= 0.3 is 6.18 Å². The van der Waals surface area contributed by atoms with E-state index in [1.54, 1.807) is 37.3 Å². The van der Waals surface area contributed by atoms with Crippen molar-refractivity contribution in [1.29, 1.82) is 0 Å². The van der Waals surface area contributed by atoms with Crippen LogP contribution in [-0.2, 0) is 27.5 Å². The van der Waals surface area contributed by atoms with Crippen LogP contribution in [-0.4, -0.2) is 60.2 Å². The van der Waals surface area contributed by atoms with Crippen molar-refractivity contribution >= 4 is 26.8 Å². The van der Waals surface area contributed by atoms with E-state index in [1.165, 1.54) is 12.1 Å². The molecule has 39 heavy (non-hydrogen) atoms. The summed E-state index contributed by atoms with van der Waals surface area (Å²) in [5, 5.41) is 12.7. The Kier molecular flexibility index (Phi) is 8.67. The molecule has 1 unspecified atom stereocenters. The van der Waals surface area contributed by atoms with E-state index in [0.717, 1.165) is 11.3 Å². The fourth-order valence-electron chi connectivity index (χ4n) is 4.86. The second kappa shape index (κ2) is 11.6. The molecule has 2 N–H and O–H groups in total. The zero-order valence-electron chi connectivity index (χ0n) is 21.7. The number of fused-ring (bicyclic) bond motifs is 1. The van der Waals surface area contributed by atoms with Crippen molar-refractivity contribution in [2.45, 2.75) is 62.9 Å². The highest BCUT2D eigenvalue weighted by Gasteiger charge is 2.43. The third-order valence-corrected chi connectivity index (χ3v) is 8.87. The molecule has 3 aromatic rings. The van der Waals surface area contributed by atoms with Crippen LogP contribution in [0.5, 0.6) is 0 Å². The van der Waals surface area contributed by atoms with Crippen LogP contribution in [0.2, 0.25) is 0 Å². The van der Waals surface area contributed by atoms with Crippen molar-refractivity contribution in [2.75, 3.05) is 19.0 Å². The number of benzene rings is 2. The van der Waals surface area contributed by atoms with Gasteiger partial charge in [-0.05, 0) is 61.6 Å². The fraction of sp³-hybridized carbons (Fsp3) is 0.481. The van der Waals surface area contributed by atoms with E-state index in [2.05, 4.69) is 10.3 Å². The minimum Gasteiger partial charge on any atom is -0.394 e. The van der Waals surface area contributed by atoms with Crippen molar-refractivity contribution < 1.29 is 36.2 Å². The number of hydrogen-bond donors (Lipinski definition) is 2. The van der Waals surface area contributed by atoms with Gasteiger partial charge in [-0.2, -0.15) is 13.2 Å². The number of hydrogen-bond acceptors (Lipinski definition) is 6. The first kappa shape index (κ1) is 29.0. The minimum atomic E-state index is -4.35. The number of imidazole rings is 1. The van der Waals surface area contributed by atoms with Crippen LogP contribution in [0.4, 0.5) is 13.2 Å². The Bertz CT molecular complexity index is 1410. The van der Waals surface area contributed by atoms with Crippen molar-refractivity contribution in [1.82, 2.24) is 14.9 Å². The molecule has 2 heterocycles. The lowest BCUT2D eigenvalue weighted by molar-refractivity contribution is -0.235. The van der Waals surface area contributed by atoms with Crippen LogP contribution < -0.4 is 5.32 Å². The fourth-order valence-corrected chi connectivity index (χ4v) is 5.75. The summed E-state index contributed by atoms with van der Waals surface area (Å²) in [5.74, 6) is 0.168. The highest BCUT2D eigenvalue weighted by molar-refractivity contribution is 7.91. The minimum absolute atomic E-state index is 0.0126. The molecule has 1 amide bonds. The molecule has 0 saturated carbocycles. The molecule has 2 aromatic carbocycles. The lowest BCUT2D eigenvalue weighted by Crippen LogP contribution is -2.38. The smallest absolute Gasteiger partial charge is 0.394 e. The summed E-state index contributed by atoms with van der Waals surface area (Å²) < 4.78 is 69.9. The van der Waals surface area contributed by atoms with Gasteiger partial charge in [0.05, 0.1) is 40.9 Å². The molecule has 3 atom stereocenters. The summed E-state index contributed by atoms with van der Waals surface area (Å²) >= 11 is 0. The van der Waals surface area contributed by atoms with Gasteiger partial charge in [0, 0.05) is 18.5 Å². The largest absolute Gasteiger partial charge is 0.414 e. The van der Waals surface area contributed by atoms with Gasteiger partial charge in [-0.3, -0.25) is 4.79 Å². The van der Waals surface area contributed by atoms with E-state index in [0.29, 0.717) is 36.0 Å². The number of aryl methyl sites for hydroxylation is 1. The number of ether oxygens (including phenoxy) is 1. The summed E-state index contributed by atoms with van der Waals surface area (Å²) in [4.78, 5) is 17.9. The number of sulfone groups is 1. The van der Waals surface area contributed by atoms with Crippen LogP contribution in [0.1, 0.15) is 54.5 Å². The second-order valence-electron chi connectivity index (χ2n) is 9.67. The number of aliphatic hydroxyl groups excluding tert-OH is 1. The Morgan fingerprint density at radius 1 is 1.18 bits per heavy atom. The first-order chi connectivity index (χ1) is 18.5. The zero-order valence-corrected chi connectivity index (χ0v) is 22.6. The lowest BCUT2D eigenvalue weighted by Gasteiger charge is -2.30. The van der Waals surface area contributed by atoms with E-state index in [9.17, 15) is 31.5 Å². The molecule has 8 nitrogen and oxygen atoms in total. The Morgan fingerprint density at radius 3 is 2.46 bits per heavy atom. The highest BCUT2D eigenvalue weighted by Crippen LogP contribution is 2.33. The number of alkyl halides is 3. The maximum atomic E-state index is 13.0. The Balaban J connectivity index is 1.48. The molecular formula is C27H32F3N3O5S. The van der Waals surface area contributed by atoms with E-state index in [4.69, 9.17) is 4.74 Å². The molecule has 0 bridgehead atoms.